The Bertz CT molecular complexity index is 910. The second-order valence-corrected chi connectivity index (χ2v) is 7.14. The highest BCUT2D eigenvalue weighted by Crippen LogP contribution is 2.29. The molecule has 1 aliphatic rings. The van der Waals surface area contributed by atoms with Gasteiger partial charge in [-0.05, 0) is 27.8 Å². The van der Waals surface area contributed by atoms with Gasteiger partial charge in [0, 0.05) is 14.6 Å². The minimum absolute atomic E-state index is 0.295. The van der Waals surface area contributed by atoms with E-state index in [1.54, 1.807) is 0 Å². The predicted molar refractivity (Wildman–Crippen MR) is 85.9 cm³/mol. The number of fused-ring (bicyclic) bond motifs is 5. The molecule has 0 spiro atoms. The van der Waals surface area contributed by atoms with Crippen LogP contribution in [0.25, 0.3) is 33.0 Å². The number of rotatable bonds is 0. The maximum atomic E-state index is 2.45. The van der Waals surface area contributed by atoms with Crippen molar-refractivity contribution in [2.75, 3.05) is 0 Å². The van der Waals surface area contributed by atoms with Crippen molar-refractivity contribution in [1.29, 1.82) is 0 Å². The average molecular weight is 264 g/mol. The minimum Gasteiger partial charge on any atom is -0.135 e. The van der Waals surface area contributed by atoms with Crippen molar-refractivity contribution in [2.45, 2.75) is 20.3 Å². The summed E-state index contributed by atoms with van der Waals surface area (Å²) in [5, 5.41) is 5.60. The van der Waals surface area contributed by atoms with Crippen LogP contribution in [-0.2, 0) is 0 Å². The van der Waals surface area contributed by atoms with Gasteiger partial charge in [-0.3, -0.25) is 0 Å². The monoisotopic (exact) mass is 264 g/mol. The van der Waals surface area contributed by atoms with Gasteiger partial charge in [0.2, 0.25) is 0 Å². The first-order chi connectivity index (χ1) is 9.14. The van der Waals surface area contributed by atoms with Crippen molar-refractivity contribution in [3.63, 3.8) is 0 Å². The number of hydrogen-bond donors (Lipinski definition) is 0. The molecule has 2 aromatic carbocycles. The molecule has 19 heavy (non-hydrogen) atoms. The van der Waals surface area contributed by atoms with E-state index in [9.17, 15) is 0 Å². The van der Waals surface area contributed by atoms with Crippen molar-refractivity contribution in [1.82, 2.24) is 0 Å². The van der Waals surface area contributed by atoms with E-state index in [-0.39, 0.29) is 0 Å². The maximum absolute atomic E-state index is 2.45. The SMILES string of the molecule is CC1(C)C=c2sc3c(ccc4ccccc43)c2=CC1. The summed E-state index contributed by atoms with van der Waals surface area (Å²) in [7, 11) is 0. The molecular formula is C18H16S. The summed E-state index contributed by atoms with van der Waals surface area (Å²) >= 11 is 1.94. The third-order valence-corrected chi connectivity index (χ3v) is 5.20. The van der Waals surface area contributed by atoms with Gasteiger partial charge in [-0.25, -0.2) is 0 Å². The van der Waals surface area contributed by atoms with Gasteiger partial charge < -0.3 is 0 Å². The summed E-state index contributed by atoms with van der Waals surface area (Å²) in [5.41, 5.74) is 0.295. The van der Waals surface area contributed by atoms with E-state index < -0.39 is 0 Å². The van der Waals surface area contributed by atoms with Crippen molar-refractivity contribution in [3.8, 4) is 0 Å². The van der Waals surface area contributed by atoms with Crippen molar-refractivity contribution >= 4 is 44.3 Å². The van der Waals surface area contributed by atoms with Gasteiger partial charge in [-0.1, -0.05) is 62.4 Å². The van der Waals surface area contributed by atoms with Gasteiger partial charge in [0.1, 0.15) is 0 Å². The second-order valence-electron chi connectivity index (χ2n) is 6.08. The molecule has 1 heterocycles. The Morgan fingerprint density at radius 3 is 2.74 bits per heavy atom. The number of thiophene rings is 1. The molecule has 0 aliphatic heterocycles. The predicted octanol–water partition coefficient (Wildman–Crippen LogP) is 4.05. The molecular weight excluding hydrogens is 248 g/mol. The van der Waals surface area contributed by atoms with Crippen LogP contribution < -0.4 is 9.75 Å². The Morgan fingerprint density at radius 2 is 1.84 bits per heavy atom. The third-order valence-electron chi connectivity index (χ3n) is 4.00. The van der Waals surface area contributed by atoms with E-state index in [0.717, 1.165) is 6.42 Å². The molecule has 0 fully saturated rings. The molecule has 1 heteroatoms. The average Bonchev–Trinajstić information content (AvgIpc) is 2.75. The molecule has 1 aliphatic carbocycles. The third kappa shape index (κ3) is 1.65. The summed E-state index contributed by atoms with van der Waals surface area (Å²) < 4.78 is 2.89. The molecule has 94 valence electrons. The maximum Gasteiger partial charge on any atom is 0.0433 e. The molecule has 1 aromatic heterocycles. The van der Waals surface area contributed by atoms with Crippen molar-refractivity contribution in [2.24, 2.45) is 5.41 Å². The van der Waals surface area contributed by atoms with E-state index in [1.165, 1.54) is 30.6 Å². The van der Waals surface area contributed by atoms with Crippen LogP contribution in [0.5, 0.6) is 0 Å². The first-order valence-electron chi connectivity index (χ1n) is 6.77. The zero-order valence-electron chi connectivity index (χ0n) is 11.2. The summed E-state index contributed by atoms with van der Waals surface area (Å²) in [6.45, 7) is 4.63. The molecule has 0 amide bonds. The number of hydrogen-bond acceptors (Lipinski definition) is 1. The molecule has 0 atom stereocenters. The van der Waals surface area contributed by atoms with Crippen LogP contribution in [0.2, 0.25) is 0 Å². The summed E-state index contributed by atoms with van der Waals surface area (Å²) in [6.07, 6.45) is 6.00. The normalized spacial score (nSPS) is 16.9. The standard InChI is InChI=1S/C18H16S/c1-18(2)10-9-14-15-8-7-12-5-3-4-6-13(12)17(15)19-16(14)11-18/h3-9,11H,10H2,1-2H3. The Kier molecular flexibility index (Phi) is 2.19. The highest BCUT2D eigenvalue weighted by molar-refractivity contribution is 7.18. The van der Waals surface area contributed by atoms with Crippen LogP contribution >= 0.6 is 11.3 Å². The Morgan fingerprint density at radius 1 is 1.00 bits per heavy atom. The van der Waals surface area contributed by atoms with E-state index >= 15 is 0 Å². The van der Waals surface area contributed by atoms with Gasteiger partial charge in [-0.2, -0.15) is 0 Å². The van der Waals surface area contributed by atoms with E-state index in [2.05, 4.69) is 62.4 Å². The van der Waals surface area contributed by atoms with Crippen LogP contribution in [0.4, 0.5) is 0 Å². The molecule has 0 bridgehead atoms. The topological polar surface area (TPSA) is 0 Å². The van der Waals surface area contributed by atoms with Crippen molar-refractivity contribution in [3.05, 3.63) is 46.1 Å². The van der Waals surface area contributed by atoms with Gasteiger partial charge in [0.05, 0.1) is 0 Å². The van der Waals surface area contributed by atoms with Gasteiger partial charge in [0.25, 0.3) is 0 Å². The van der Waals surface area contributed by atoms with Crippen LogP contribution in [0.3, 0.4) is 0 Å². The fraction of sp³-hybridized carbons (Fsp3) is 0.222. The highest BCUT2D eigenvalue weighted by Gasteiger charge is 2.17. The number of benzene rings is 2. The van der Waals surface area contributed by atoms with Gasteiger partial charge in [0.15, 0.2) is 0 Å². The summed E-state index contributed by atoms with van der Waals surface area (Å²) in [4.78, 5) is 0. The molecule has 0 saturated carbocycles. The van der Waals surface area contributed by atoms with Crippen LogP contribution in [-0.4, -0.2) is 0 Å². The molecule has 0 saturated heterocycles. The summed E-state index contributed by atoms with van der Waals surface area (Å²) in [5.74, 6) is 0. The first kappa shape index (κ1) is 11.2. The van der Waals surface area contributed by atoms with Gasteiger partial charge >= 0.3 is 0 Å². The zero-order valence-corrected chi connectivity index (χ0v) is 12.1. The smallest absolute Gasteiger partial charge is 0.0433 e. The molecule has 0 unspecified atom stereocenters. The minimum atomic E-state index is 0.295. The zero-order chi connectivity index (χ0) is 13.0. The molecule has 0 N–H and O–H groups in total. The van der Waals surface area contributed by atoms with E-state index in [1.807, 2.05) is 11.3 Å². The lowest BCUT2D eigenvalue weighted by Gasteiger charge is -2.19. The highest BCUT2D eigenvalue weighted by atomic mass is 32.1. The Labute approximate surface area is 116 Å². The van der Waals surface area contributed by atoms with E-state index in [0.29, 0.717) is 5.41 Å². The molecule has 3 aromatic rings. The molecule has 0 radical (unpaired) electrons. The molecule has 4 rings (SSSR count). The van der Waals surface area contributed by atoms with Crippen molar-refractivity contribution < 1.29 is 0 Å². The van der Waals surface area contributed by atoms with Crippen LogP contribution in [0.1, 0.15) is 20.3 Å². The Balaban J connectivity index is 2.23. The fourth-order valence-electron chi connectivity index (χ4n) is 2.96. The van der Waals surface area contributed by atoms with E-state index in [4.69, 9.17) is 0 Å². The quantitative estimate of drug-likeness (QED) is 0.575. The fourth-order valence-corrected chi connectivity index (χ4v) is 4.44. The molecule has 0 nitrogen and oxygen atoms in total. The van der Waals surface area contributed by atoms with Crippen LogP contribution in [0, 0.1) is 5.41 Å². The Hall–Kier alpha value is -1.60. The lowest BCUT2D eigenvalue weighted by Crippen LogP contribution is -2.27. The summed E-state index contributed by atoms with van der Waals surface area (Å²) in [6, 6.07) is 13.2. The van der Waals surface area contributed by atoms with Crippen LogP contribution in [0.15, 0.2) is 36.4 Å². The second kappa shape index (κ2) is 3.71. The lowest BCUT2D eigenvalue weighted by atomic mass is 9.86. The first-order valence-corrected chi connectivity index (χ1v) is 7.59. The largest absolute Gasteiger partial charge is 0.135 e. The lowest BCUT2D eigenvalue weighted by molar-refractivity contribution is 0.536. The van der Waals surface area contributed by atoms with Gasteiger partial charge in [-0.15, -0.1) is 11.3 Å².